The first kappa shape index (κ1) is 18.5. The normalized spacial score (nSPS) is 12.9. The van der Waals surface area contributed by atoms with Crippen molar-refractivity contribution in [2.24, 2.45) is 0 Å². The Balaban J connectivity index is 1.91. The van der Waals surface area contributed by atoms with Crippen LogP contribution >= 0.6 is 11.3 Å². The maximum Gasteiger partial charge on any atom is 0.164 e. The Kier molecular flexibility index (Phi) is 4.83. The van der Waals surface area contributed by atoms with Gasteiger partial charge in [-0.25, -0.2) is 9.97 Å². The molecule has 1 aromatic carbocycles. The van der Waals surface area contributed by atoms with E-state index in [0.29, 0.717) is 5.82 Å². The summed E-state index contributed by atoms with van der Waals surface area (Å²) in [4.78, 5) is 14.7. The Morgan fingerprint density at radius 1 is 1.04 bits per heavy atom. The maximum atomic E-state index is 10.4. The van der Waals surface area contributed by atoms with Gasteiger partial charge in [0, 0.05) is 28.9 Å². The fraction of sp³-hybridized carbons (Fsp3) is 0.227. The lowest BCUT2D eigenvalue weighted by atomic mass is 10.0. The number of aromatic nitrogens is 3. The molecule has 0 unspecified atom stereocenters. The van der Waals surface area contributed by atoms with Gasteiger partial charge in [-0.1, -0.05) is 30.3 Å². The monoisotopic (exact) mass is 390 g/mol. The highest BCUT2D eigenvalue weighted by atomic mass is 32.1. The van der Waals surface area contributed by atoms with E-state index in [4.69, 9.17) is 9.97 Å². The van der Waals surface area contributed by atoms with Gasteiger partial charge >= 0.3 is 0 Å². The van der Waals surface area contributed by atoms with Crippen molar-refractivity contribution in [2.45, 2.75) is 32.4 Å². The van der Waals surface area contributed by atoms with E-state index in [1.54, 1.807) is 37.6 Å². The Morgan fingerprint density at radius 2 is 1.79 bits per heavy atom. The minimum Gasteiger partial charge on any atom is -0.388 e. The van der Waals surface area contributed by atoms with Crippen LogP contribution in [0.2, 0.25) is 0 Å². The zero-order valence-electron chi connectivity index (χ0n) is 16.0. The third-order valence-corrected chi connectivity index (χ3v) is 5.72. The SMILES string of the molecule is C[C@@H](Nc1nc(-c2cccnc2)nc2scc(-c3ccccc3)c12)C(C)(C)O. The average Bonchev–Trinajstić information content (AvgIpc) is 3.13. The number of anilines is 1. The van der Waals surface area contributed by atoms with Crippen LogP contribution in [0.3, 0.4) is 0 Å². The second-order valence-corrected chi connectivity index (χ2v) is 8.21. The molecule has 0 fully saturated rings. The van der Waals surface area contributed by atoms with E-state index in [9.17, 15) is 5.11 Å². The number of rotatable bonds is 5. The third kappa shape index (κ3) is 3.61. The quantitative estimate of drug-likeness (QED) is 0.502. The molecule has 0 aliphatic heterocycles. The molecule has 0 spiro atoms. The zero-order chi connectivity index (χ0) is 19.7. The summed E-state index contributed by atoms with van der Waals surface area (Å²) in [5.74, 6) is 1.34. The first-order valence-corrected chi connectivity index (χ1v) is 10.1. The summed E-state index contributed by atoms with van der Waals surface area (Å²) in [6.07, 6.45) is 3.49. The molecule has 142 valence electrons. The average molecular weight is 391 g/mol. The second kappa shape index (κ2) is 7.30. The van der Waals surface area contributed by atoms with E-state index >= 15 is 0 Å². The van der Waals surface area contributed by atoms with Crippen molar-refractivity contribution in [3.63, 3.8) is 0 Å². The Morgan fingerprint density at radius 3 is 2.46 bits per heavy atom. The van der Waals surface area contributed by atoms with Gasteiger partial charge in [-0.2, -0.15) is 0 Å². The van der Waals surface area contributed by atoms with Crippen molar-refractivity contribution in [3.05, 3.63) is 60.2 Å². The minimum atomic E-state index is -0.894. The van der Waals surface area contributed by atoms with E-state index in [0.717, 1.165) is 32.7 Å². The van der Waals surface area contributed by atoms with E-state index in [2.05, 4.69) is 27.8 Å². The lowest BCUT2D eigenvalue weighted by Crippen LogP contribution is -2.39. The minimum absolute atomic E-state index is 0.198. The molecule has 3 heterocycles. The van der Waals surface area contributed by atoms with Crippen molar-refractivity contribution in [2.75, 3.05) is 5.32 Å². The Hall–Kier alpha value is -2.83. The van der Waals surface area contributed by atoms with Crippen molar-refractivity contribution < 1.29 is 5.11 Å². The lowest BCUT2D eigenvalue weighted by molar-refractivity contribution is 0.0648. The number of aliphatic hydroxyl groups is 1. The van der Waals surface area contributed by atoms with Crippen molar-refractivity contribution >= 4 is 27.4 Å². The van der Waals surface area contributed by atoms with Crippen LogP contribution in [0.1, 0.15) is 20.8 Å². The lowest BCUT2D eigenvalue weighted by Gasteiger charge is -2.27. The summed E-state index contributed by atoms with van der Waals surface area (Å²) in [6, 6.07) is 13.8. The van der Waals surface area contributed by atoms with Crippen LogP contribution in [0.25, 0.3) is 32.7 Å². The van der Waals surface area contributed by atoms with Gasteiger partial charge in [0.1, 0.15) is 10.6 Å². The van der Waals surface area contributed by atoms with E-state index in [1.165, 1.54) is 0 Å². The number of hydrogen-bond donors (Lipinski definition) is 2. The van der Waals surface area contributed by atoms with Gasteiger partial charge in [0.15, 0.2) is 5.82 Å². The highest BCUT2D eigenvalue weighted by Gasteiger charge is 2.25. The first-order valence-electron chi connectivity index (χ1n) is 9.17. The van der Waals surface area contributed by atoms with Crippen molar-refractivity contribution in [3.8, 4) is 22.5 Å². The molecular weight excluding hydrogens is 368 g/mol. The predicted molar refractivity (Wildman–Crippen MR) is 115 cm³/mol. The molecule has 0 saturated heterocycles. The summed E-state index contributed by atoms with van der Waals surface area (Å²) in [7, 11) is 0. The van der Waals surface area contributed by atoms with E-state index in [1.807, 2.05) is 37.3 Å². The highest BCUT2D eigenvalue weighted by molar-refractivity contribution is 7.17. The van der Waals surface area contributed by atoms with Gasteiger partial charge < -0.3 is 10.4 Å². The summed E-state index contributed by atoms with van der Waals surface area (Å²) >= 11 is 1.59. The topological polar surface area (TPSA) is 70.9 Å². The molecule has 0 bridgehead atoms. The number of benzene rings is 1. The summed E-state index contributed by atoms with van der Waals surface area (Å²) < 4.78 is 0. The number of pyridine rings is 1. The molecular formula is C22H22N4OS. The van der Waals surface area contributed by atoms with E-state index < -0.39 is 5.60 Å². The molecule has 28 heavy (non-hydrogen) atoms. The molecule has 5 nitrogen and oxygen atoms in total. The Labute approximate surface area is 168 Å². The zero-order valence-corrected chi connectivity index (χ0v) is 16.9. The molecule has 0 amide bonds. The van der Waals surface area contributed by atoms with E-state index in [-0.39, 0.29) is 6.04 Å². The Bertz CT molecular complexity index is 1090. The number of fused-ring (bicyclic) bond motifs is 1. The number of nitrogens with zero attached hydrogens (tertiary/aromatic N) is 3. The van der Waals surface area contributed by atoms with Crippen LogP contribution in [0, 0.1) is 0 Å². The van der Waals surface area contributed by atoms with Gasteiger partial charge in [0.25, 0.3) is 0 Å². The van der Waals surface area contributed by atoms with Crippen LogP contribution in [0.4, 0.5) is 5.82 Å². The fourth-order valence-corrected chi connectivity index (χ4v) is 3.83. The second-order valence-electron chi connectivity index (χ2n) is 7.35. The summed E-state index contributed by atoms with van der Waals surface area (Å²) in [6.45, 7) is 5.53. The van der Waals surface area contributed by atoms with Gasteiger partial charge in [-0.3, -0.25) is 4.98 Å². The molecule has 0 saturated carbocycles. The smallest absolute Gasteiger partial charge is 0.164 e. The van der Waals surface area contributed by atoms with Crippen LogP contribution in [-0.4, -0.2) is 31.7 Å². The predicted octanol–water partition coefficient (Wildman–Crippen LogP) is 4.99. The molecule has 3 aromatic heterocycles. The van der Waals surface area contributed by atoms with Gasteiger partial charge in [-0.05, 0) is 38.5 Å². The van der Waals surface area contributed by atoms with Crippen LogP contribution in [0.15, 0.2) is 60.2 Å². The number of thiophene rings is 1. The molecule has 0 aliphatic rings. The third-order valence-electron chi connectivity index (χ3n) is 4.85. The van der Waals surface area contributed by atoms with Crippen LogP contribution in [0.5, 0.6) is 0 Å². The molecule has 1 atom stereocenters. The summed E-state index contributed by atoms with van der Waals surface area (Å²) in [5, 5.41) is 16.9. The van der Waals surface area contributed by atoms with Crippen molar-refractivity contribution in [1.29, 1.82) is 0 Å². The maximum absolute atomic E-state index is 10.4. The molecule has 4 rings (SSSR count). The first-order chi connectivity index (χ1) is 13.4. The largest absolute Gasteiger partial charge is 0.388 e. The number of hydrogen-bond acceptors (Lipinski definition) is 6. The standard InChI is InChI=1S/C22H22N4OS/c1-14(22(2,3)27)24-20-18-17(15-8-5-4-6-9-15)13-28-21(18)26-19(25-20)16-10-7-11-23-12-16/h4-14,27H,1-3H3,(H,24,25,26)/t14-/m1/s1. The molecule has 2 N–H and O–H groups in total. The van der Waals surface area contributed by atoms with Crippen molar-refractivity contribution in [1.82, 2.24) is 15.0 Å². The molecule has 0 aliphatic carbocycles. The summed E-state index contributed by atoms with van der Waals surface area (Å²) in [5.41, 5.74) is 2.17. The fourth-order valence-electron chi connectivity index (χ4n) is 2.88. The molecule has 4 aromatic rings. The van der Waals surface area contributed by atoms with Gasteiger partial charge in [0.05, 0.1) is 17.0 Å². The van der Waals surface area contributed by atoms with Crippen LogP contribution in [-0.2, 0) is 0 Å². The van der Waals surface area contributed by atoms with Gasteiger partial charge in [0.2, 0.25) is 0 Å². The van der Waals surface area contributed by atoms with Gasteiger partial charge in [-0.15, -0.1) is 11.3 Å². The number of nitrogens with one attached hydrogen (secondary N) is 1. The highest BCUT2D eigenvalue weighted by Crippen LogP contribution is 2.38. The van der Waals surface area contributed by atoms with Crippen LogP contribution < -0.4 is 5.32 Å². The molecule has 6 heteroatoms. The molecule has 0 radical (unpaired) electrons.